The molecule has 0 saturated carbocycles. The average Bonchev–Trinajstić information content (AvgIpc) is 2.46. The molecule has 4 heteroatoms. The molecule has 106 valence electrons. The van der Waals surface area contributed by atoms with Gasteiger partial charge in [0.2, 0.25) is 0 Å². The quantitative estimate of drug-likeness (QED) is 0.879. The first-order valence-electron chi connectivity index (χ1n) is 7.21. The van der Waals surface area contributed by atoms with E-state index in [0.29, 0.717) is 0 Å². The van der Waals surface area contributed by atoms with Crippen molar-refractivity contribution in [3.63, 3.8) is 0 Å². The van der Waals surface area contributed by atoms with Crippen LogP contribution < -0.4 is 10.2 Å². The topological polar surface area (TPSA) is 18.5 Å². The van der Waals surface area contributed by atoms with Gasteiger partial charge >= 0.3 is 0 Å². The largest absolute Gasteiger partial charge is 0.367 e. The molecule has 19 heavy (non-hydrogen) atoms. The molecule has 0 amide bonds. The number of anilines is 1. The van der Waals surface area contributed by atoms with Gasteiger partial charge in [0.15, 0.2) is 0 Å². The van der Waals surface area contributed by atoms with Crippen molar-refractivity contribution in [2.75, 3.05) is 44.2 Å². The molecule has 1 aromatic carbocycles. The van der Waals surface area contributed by atoms with E-state index in [1.165, 1.54) is 0 Å². The number of piperazine rings is 1. The van der Waals surface area contributed by atoms with Crippen LogP contribution in [-0.2, 0) is 6.54 Å². The zero-order valence-electron chi connectivity index (χ0n) is 12.0. The second-order valence-corrected chi connectivity index (χ2v) is 4.99. The van der Waals surface area contributed by atoms with Crippen LogP contribution in [0.1, 0.15) is 19.4 Å². The predicted molar refractivity (Wildman–Crippen MR) is 78.1 cm³/mol. The fraction of sp³-hybridized carbons (Fsp3) is 0.600. The Morgan fingerprint density at radius 3 is 2.53 bits per heavy atom. The van der Waals surface area contributed by atoms with Gasteiger partial charge in [0.25, 0.3) is 0 Å². The van der Waals surface area contributed by atoms with E-state index in [1.807, 2.05) is 12.1 Å². The molecule has 0 aliphatic carbocycles. The van der Waals surface area contributed by atoms with Crippen LogP contribution in [0.2, 0.25) is 0 Å². The van der Waals surface area contributed by atoms with E-state index in [2.05, 4.69) is 29.0 Å². The number of hydrogen-bond donors (Lipinski definition) is 1. The Balaban J connectivity index is 2.06. The van der Waals surface area contributed by atoms with Gasteiger partial charge in [-0.25, -0.2) is 4.39 Å². The summed E-state index contributed by atoms with van der Waals surface area (Å²) >= 11 is 0. The lowest BCUT2D eigenvalue weighted by molar-refractivity contribution is 0.270. The summed E-state index contributed by atoms with van der Waals surface area (Å²) in [5, 5.41) is 3.28. The molecular formula is C15H24FN3. The minimum Gasteiger partial charge on any atom is -0.367 e. The normalized spacial score (nSPS) is 16.9. The summed E-state index contributed by atoms with van der Waals surface area (Å²) in [6.45, 7) is 10.9. The molecule has 1 N–H and O–H groups in total. The molecule has 0 aromatic heterocycles. The number of halogens is 1. The molecule has 1 aliphatic heterocycles. The first-order chi connectivity index (χ1) is 9.24. The van der Waals surface area contributed by atoms with Crippen LogP contribution in [0.15, 0.2) is 18.2 Å². The van der Waals surface area contributed by atoms with Gasteiger partial charge in [0, 0.05) is 32.7 Å². The van der Waals surface area contributed by atoms with Gasteiger partial charge in [0.1, 0.15) is 5.82 Å². The van der Waals surface area contributed by atoms with Crippen molar-refractivity contribution in [1.29, 1.82) is 0 Å². The van der Waals surface area contributed by atoms with Gasteiger partial charge in [-0.2, -0.15) is 0 Å². The minimum atomic E-state index is -0.106. The molecule has 1 fully saturated rings. The Labute approximate surface area is 115 Å². The molecule has 1 aromatic rings. The van der Waals surface area contributed by atoms with Crippen LogP contribution in [0.25, 0.3) is 0 Å². The Morgan fingerprint density at radius 1 is 1.16 bits per heavy atom. The molecule has 0 bridgehead atoms. The van der Waals surface area contributed by atoms with Crippen LogP contribution in [0, 0.1) is 5.82 Å². The third-order valence-corrected chi connectivity index (χ3v) is 3.75. The van der Waals surface area contributed by atoms with Crippen molar-refractivity contribution in [3.8, 4) is 0 Å². The van der Waals surface area contributed by atoms with Crippen molar-refractivity contribution >= 4 is 5.69 Å². The van der Waals surface area contributed by atoms with E-state index in [-0.39, 0.29) is 5.82 Å². The van der Waals surface area contributed by atoms with Crippen molar-refractivity contribution in [3.05, 3.63) is 29.6 Å². The number of likely N-dealkylation sites (N-methyl/N-ethyl adjacent to an activating group) is 1. The van der Waals surface area contributed by atoms with Gasteiger partial charge < -0.3 is 15.1 Å². The van der Waals surface area contributed by atoms with E-state index in [4.69, 9.17) is 0 Å². The van der Waals surface area contributed by atoms with Gasteiger partial charge in [0.05, 0.1) is 5.69 Å². The summed E-state index contributed by atoms with van der Waals surface area (Å²) in [4.78, 5) is 4.56. The second kappa shape index (κ2) is 6.87. The number of hydrogen-bond acceptors (Lipinski definition) is 3. The summed E-state index contributed by atoms with van der Waals surface area (Å²) in [6.07, 6.45) is 0. The maximum absolute atomic E-state index is 14.0. The fourth-order valence-electron chi connectivity index (χ4n) is 2.48. The number of benzene rings is 1. The smallest absolute Gasteiger partial charge is 0.146 e. The van der Waals surface area contributed by atoms with Crippen LogP contribution in [0.5, 0.6) is 0 Å². The van der Waals surface area contributed by atoms with Crippen LogP contribution in [-0.4, -0.2) is 44.2 Å². The number of nitrogens with zero attached hydrogens (tertiary/aromatic N) is 2. The molecule has 1 saturated heterocycles. The Bertz CT molecular complexity index is 400. The zero-order valence-corrected chi connectivity index (χ0v) is 12.0. The lowest BCUT2D eigenvalue weighted by atomic mass is 10.1. The van der Waals surface area contributed by atoms with E-state index < -0.39 is 0 Å². The van der Waals surface area contributed by atoms with Gasteiger partial charge in [-0.05, 0) is 30.8 Å². The van der Waals surface area contributed by atoms with Gasteiger partial charge in [-0.3, -0.25) is 0 Å². The molecule has 1 heterocycles. The highest BCUT2D eigenvalue weighted by Crippen LogP contribution is 2.22. The lowest BCUT2D eigenvalue weighted by Crippen LogP contribution is -2.46. The molecule has 3 nitrogen and oxygen atoms in total. The summed E-state index contributed by atoms with van der Waals surface area (Å²) in [5.41, 5.74) is 1.90. The third kappa shape index (κ3) is 3.67. The van der Waals surface area contributed by atoms with Crippen molar-refractivity contribution in [2.45, 2.75) is 20.4 Å². The van der Waals surface area contributed by atoms with E-state index in [9.17, 15) is 4.39 Å². The molecule has 2 rings (SSSR count). The maximum atomic E-state index is 14.0. The molecule has 0 unspecified atom stereocenters. The van der Waals surface area contributed by atoms with Crippen LogP contribution >= 0.6 is 0 Å². The minimum absolute atomic E-state index is 0.106. The average molecular weight is 265 g/mol. The summed E-state index contributed by atoms with van der Waals surface area (Å²) in [6, 6.07) is 5.44. The molecular weight excluding hydrogens is 241 g/mol. The highest BCUT2D eigenvalue weighted by atomic mass is 19.1. The molecule has 1 aliphatic rings. The highest BCUT2D eigenvalue weighted by Gasteiger charge is 2.18. The molecule has 0 radical (unpaired) electrons. The first kappa shape index (κ1) is 14.3. The van der Waals surface area contributed by atoms with E-state index in [0.717, 1.165) is 57.1 Å². The van der Waals surface area contributed by atoms with Crippen molar-refractivity contribution in [2.24, 2.45) is 0 Å². The zero-order chi connectivity index (χ0) is 13.7. The number of nitrogens with one attached hydrogen (secondary N) is 1. The summed E-state index contributed by atoms with van der Waals surface area (Å²) < 4.78 is 14.0. The van der Waals surface area contributed by atoms with Crippen molar-refractivity contribution < 1.29 is 4.39 Å². The van der Waals surface area contributed by atoms with Gasteiger partial charge in [-0.1, -0.05) is 19.9 Å². The SMILES string of the molecule is CCNCc1ccc(F)c(N2CCN(CC)CC2)c1. The van der Waals surface area contributed by atoms with Crippen molar-refractivity contribution in [1.82, 2.24) is 10.2 Å². The molecule has 0 atom stereocenters. The lowest BCUT2D eigenvalue weighted by Gasteiger charge is -2.35. The number of rotatable bonds is 5. The predicted octanol–water partition coefficient (Wildman–Crippen LogP) is 2.08. The Hall–Kier alpha value is -1.13. The standard InChI is InChI=1S/C15H24FN3/c1-3-17-12-13-5-6-14(16)15(11-13)19-9-7-18(4-2)8-10-19/h5-6,11,17H,3-4,7-10,12H2,1-2H3. The maximum Gasteiger partial charge on any atom is 0.146 e. The Morgan fingerprint density at radius 2 is 1.89 bits per heavy atom. The monoisotopic (exact) mass is 265 g/mol. The van der Waals surface area contributed by atoms with Crippen LogP contribution in [0.3, 0.4) is 0 Å². The second-order valence-electron chi connectivity index (χ2n) is 4.99. The highest BCUT2D eigenvalue weighted by molar-refractivity contribution is 5.50. The Kier molecular flexibility index (Phi) is 5.16. The van der Waals surface area contributed by atoms with E-state index >= 15 is 0 Å². The summed E-state index contributed by atoms with van der Waals surface area (Å²) in [7, 11) is 0. The summed E-state index contributed by atoms with van der Waals surface area (Å²) in [5.74, 6) is -0.106. The van der Waals surface area contributed by atoms with E-state index in [1.54, 1.807) is 6.07 Å². The molecule has 0 spiro atoms. The van der Waals surface area contributed by atoms with Gasteiger partial charge in [-0.15, -0.1) is 0 Å². The van der Waals surface area contributed by atoms with Crippen LogP contribution in [0.4, 0.5) is 10.1 Å². The first-order valence-corrected chi connectivity index (χ1v) is 7.21. The third-order valence-electron chi connectivity index (χ3n) is 3.75. The fourth-order valence-corrected chi connectivity index (χ4v) is 2.48.